The van der Waals surface area contributed by atoms with Crippen LogP contribution >= 0.6 is 11.3 Å². The highest BCUT2D eigenvalue weighted by molar-refractivity contribution is 7.26. The molecule has 3 aromatic heterocycles. The molecule has 0 amide bonds. The maximum atomic E-state index is 4.86. The quantitative estimate of drug-likeness (QED) is 0.417. The van der Waals surface area contributed by atoms with Crippen LogP contribution in [0.1, 0.15) is 5.56 Å². The third-order valence-electron chi connectivity index (χ3n) is 4.66. The standard InChI is InChI=1S/C20H15N3S/c1-12-7-8-14(19-18(12)13-5-3-4-6-17(13)24-19)20-22-15-9-10-21-11-16(15)23(20)2/h3-11H,1-2H3. The van der Waals surface area contributed by atoms with E-state index < -0.39 is 0 Å². The third kappa shape index (κ3) is 1.77. The summed E-state index contributed by atoms with van der Waals surface area (Å²) >= 11 is 1.85. The zero-order valence-electron chi connectivity index (χ0n) is 13.4. The topological polar surface area (TPSA) is 30.7 Å². The fourth-order valence-electron chi connectivity index (χ4n) is 3.45. The number of nitrogens with zero attached hydrogens (tertiary/aromatic N) is 3. The van der Waals surface area contributed by atoms with E-state index in [4.69, 9.17) is 4.98 Å². The van der Waals surface area contributed by atoms with Crippen LogP contribution < -0.4 is 0 Å². The zero-order chi connectivity index (χ0) is 16.3. The molecule has 0 aliphatic heterocycles. The number of rotatable bonds is 1. The first-order chi connectivity index (χ1) is 11.7. The van der Waals surface area contributed by atoms with Crippen LogP contribution in [0.5, 0.6) is 0 Å². The van der Waals surface area contributed by atoms with Crippen molar-refractivity contribution in [2.45, 2.75) is 6.92 Å². The summed E-state index contributed by atoms with van der Waals surface area (Å²) in [6.07, 6.45) is 3.67. The van der Waals surface area contributed by atoms with Crippen molar-refractivity contribution in [3.8, 4) is 11.4 Å². The Hall–Kier alpha value is -2.72. The summed E-state index contributed by atoms with van der Waals surface area (Å²) in [6, 6.07) is 15.0. The Kier molecular flexibility index (Phi) is 2.79. The van der Waals surface area contributed by atoms with Gasteiger partial charge in [-0.3, -0.25) is 4.98 Å². The summed E-state index contributed by atoms with van der Waals surface area (Å²) in [5, 5.41) is 2.68. The fraction of sp³-hybridized carbons (Fsp3) is 0.100. The molecule has 0 radical (unpaired) electrons. The van der Waals surface area contributed by atoms with Crippen LogP contribution in [0.4, 0.5) is 0 Å². The molecule has 2 aromatic carbocycles. The Bertz CT molecular complexity index is 1230. The Morgan fingerprint density at radius 3 is 2.79 bits per heavy atom. The maximum absolute atomic E-state index is 4.86. The molecule has 3 heterocycles. The normalized spacial score (nSPS) is 11.8. The third-order valence-corrected chi connectivity index (χ3v) is 5.86. The molecule has 0 saturated heterocycles. The minimum absolute atomic E-state index is 0.984. The summed E-state index contributed by atoms with van der Waals surface area (Å²) in [7, 11) is 2.06. The van der Waals surface area contributed by atoms with Gasteiger partial charge in [-0.2, -0.15) is 0 Å². The predicted octanol–water partition coefficient (Wildman–Crippen LogP) is 5.31. The van der Waals surface area contributed by atoms with Gasteiger partial charge in [0.15, 0.2) is 0 Å². The lowest BCUT2D eigenvalue weighted by Crippen LogP contribution is -1.93. The number of fused-ring (bicyclic) bond motifs is 4. The molecule has 5 rings (SSSR count). The molecule has 0 aliphatic carbocycles. The minimum Gasteiger partial charge on any atom is -0.326 e. The molecular weight excluding hydrogens is 314 g/mol. The van der Waals surface area contributed by atoms with E-state index in [0.29, 0.717) is 0 Å². The van der Waals surface area contributed by atoms with E-state index in [1.165, 1.54) is 31.3 Å². The van der Waals surface area contributed by atoms with Crippen molar-refractivity contribution >= 4 is 42.5 Å². The van der Waals surface area contributed by atoms with Gasteiger partial charge in [0.1, 0.15) is 5.82 Å². The minimum atomic E-state index is 0.984. The van der Waals surface area contributed by atoms with Crippen molar-refractivity contribution in [2.24, 2.45) is 7.05 Å². The van der Waals surface area contributed by atoms with Crippen LogP contribution in [0.25, 0.3) is 42.6 Å². The van der Waals surface area contributed by atoms with E-state index in [9.17, 15) is 0 Å². The highest BCUT2D eigenvalue weighted by Crippen LogP contribution is 2.41. The summed E-state index contributed by atoms with van der Waals surface area (Å²) < 4.78 is 4.77. The Labute approximate surface area is 143 Å². The molecule has 0 aliphatic rings. The number of hydrogen-bond donors (Lipinski definition) is 0. The van der Waals surface area contributed by atoms with Gasteiger partial charge in [-0.05, 0) is 30.7 Å². The van der Waals surface area contributed by atoms with Gasteiger partial charge in [0.2, 0.25) is 0 Å². The lowest BCUT2D eigenvalue weighted by atomic mass is 10.0. The molecule has 0 unspecified atom stereocenters. The van der Waals surface area contributed by atoms with E-state index in [1.54, 1.807) is 6.20 Å². The van der Waals surface area contributed by atoms with Crippen LogP contribution in [0.2, 0.25) is 0 Å². The summed E-state index contributed by atoms with van der Waals surface area (Å²) in [4.78, 5) is 9.10. The van der Waals surface area contributed by atoms with Gasteiger partial charge in [0.25, 0.3) is 0 Å². The van der Waals surface area contributed by atoms with Gasteiger partial charge >= 0.3 is 0 Å². The first kappa shape index (κ1) is 13.7. The van der Waals surface area contributed by atoms with E-state index in [1.807, 2.05) is 23.6 Å². The average Bonchev–Trinajstić information content (AvgIpc) is 3.15. The lowest BCUT2D eigenvalue weighted by Gasteiger charge is -2.06. The average molecular weight is 329 g/mol. The number of benzene rings is 2. The molecule has 0 fully saturated rings. The number of pyridine rings is 1. The Balaban J connectivity index is 1.92. The van der Waals surface area contributed by atoms with Crippen molar-refractivity contribution in [3.63, 3.8) is 0 Å². The molecule has 24 heavy (non-hydrogen) atoms. The van der Waals surface area contributed by atoms with Gasteiger partial charge < -0.3 is 4.57 Å². The molecule has 0 bridgehead atoms. The molecule has 0 N–H and O–H groups in total. The summed E-state index contributed by atoms with van der Waals surface area (Å²) in [5.41, 5.74) is 4.54. The van der Waals surface area contributed by atoms with Crippen LogP contribution in [-0.2, 0) is 7.05 Å². The van der Waals surface area contributed by atoms with E-state index in [0.717, 1.165) is 16.9 Å². The van der Waals surface area contributed by atoms with E-state index >= 15 is 0 Å². The molecule has 4 heteroatoms. The number of thiophene rings is 1. The van der Waals surface area contributed by atoms with Gasteiger partial charge in [0.05, 0.1) is 17.2 Å². The first-order valence-electron chi connectivity index (χ1n) is 7.92. The highest BCUT2D eigenvalue weighted by atomic mass is 32.1. The van der Waals surface area contributed by atoms with E-state index in [2.05, 4.69) is 59.9 Å². The van der Waals surface area contributed by atoms with Gasteiger partial charge in [-0.1, -0.05) is 24.3 Å². The largest absolute Gasteiger partial charge is 0.326 e. The van der Waals surface area contributed by atoms with Crippen molar-refractivity contribution < 1.29 is 0 Å². The highest BCUT2D eigenvalue weighted by Gasteiger charge is 2.16. The van der Waals surface area contributed by atoms with Gasteiger partial charge in [0, 0.05) is 39.0 Å². The van der Waals surface area contributed by atoms with Crippen LogP contribution in [0.15, 0.2) is 54.9 Å². The smallest absolute Gasteiger partial charge is 0.142 e. The zero-order valence-corrected chi connectivity index (χ0v) is 14.3. The second kappa shape index (κ2) is 4.89. The number of aromatic nitrogens is 3. The first-order valence-corrected chi connectivity index (χ1v) is 8.73. The molecule has 0 atom stereocenters. The SMILES string of the molecule is Cc1ccc(-c2nc3ccncc3n2C)c2sc3ccccc3c12. The summed E-state index contributed by atoms with van der Waals surface area (Å²) in [6.45, 7) is 2.18. The lowest BCUT2D eigenvalue weighted by molar-refractivity contribution is 0.958. The summed E-state index contributed by atoms with van der Waals surface area (Å²) in [5.74, 6) is 0.995. The second-order valence-corrected chi connectivity index (χ2v) is 7.14. The fourth-order valence-corrected chi connectivity index (χ4v) is 4.73. The number of imidazole rings is 1. The van der Waals surface area contributed by atoms with Crippen molar-refractivity contribution in [1.82, 2.24) is 14.5 Å². The van der Waals surface area contributed by atoms with Gasteiger partial charge in [-0.15, -0.1) is 11.3 Å². The van der Waals surface area contributed by atoms with Crippen molar-refractivity contribution in [2.75, 3.05) is 0 Å². The Morgan fingerprint density at radius 1 is 1.04 bits per heavy atom. The number of aryl methyl sites for hydroxylation is 2. The molecule has 0 saturated carbocycles. The van der Waals surface area contributed by atoms with Gasteiger partial charge in [-0.25, -0.2) is 4.98 Å². The van der Waals surface area contributed by atoms with Crippen molar-refractivity contribution in [1.29, 1.82) is 0 Å². The number of hydrogen-bond acceptors (Lipinski definition) is 3. The molecule has 0 spiro atoms. The van der Waals surface area contributed by atoms with Crippen LogP contribution in [0, 0.1) is 6.92 Å². The van der Waals surface area contributed by atoms with E-state index in [-0.39, 0.29) is 0 Å². The molecule has 3 nitrogen and oxygen atoms in total. The maximum Gasteiger partial charge on any atom is 0.142 e. The van der Waals surface area contributed by atoms with Crippen LogP contribution in [-0.4, -0.2) is 14.5 Å². The second-order valence-electron chi connectivity index (χ2n) is 6.09. The molecule has 5 aromatic rings. The van der Waals surface area contributed by atoms with Crippen molar-refractivity contribution in [3.05, 3.63) is 60.4 Å². The monoisotopic (exact) mass is 329 g/mol. The molecule has 116 valence electrons. The molecular formula is C20H15N3S. The Morgan fingerprint density at radius 2 is 1.92 bits per heavy atom. The van der Waals surface area contributed by atoms with Crippen LogP contribution in [0.3, 0.4) is 0 Å². The predicted molar refractivity (Wildman–Crippen MR) is 102 cm³/mol.